The van der Waals surface area contributed by atoms with Crippen LogP contribution >= 0.6 is 0 Å². The van der Waals surface area contributed by atoms with Gasteiger partial charge in [-0.1, -0.05) is 30.3 Å². The van der Waals surface area contributed by atoms with Crippen molar-refractivity contribution in [2.24, 2.45) is 11.7 Å². The fraction of sp³-hybridized carbons (Fsp3) is 0.600. The smallest absolute Gasteiger partial charge is 0.236 e. The molecule has 2 fully saturated rings. The largest absolute Gasteiger partial charge is 0.373 e. The molecule has 1 aromatic rings. The maximum atomic E-state index is 12.5. The highest BCUT2D eigenvalue weighted by molar-refractivity contribution is 5.79. The van der Waals surface area contributed by atoms with Crippen LogP contribution in [0.3, 0.4) is 0 Å². The number of benzene rings is 1. The highest BCUT2D eigenvalue weighted by atomic mass is 16.5. The molecule has 0 bridgehead atoms. The number of rotatable bonds is 6. The highest BCUT2D eigenvalue weighted by Gasteiger charge is 2.27. The lowest BCUT2D eigenvalue weighted by Gasteiger charge is -2.35. The van der Waals surface area contributed by atoms with Crippen LogP contribution in [0.25, 0.3) is 0 Å². The minimum absolute atomic E-state index is 0.0288. The van der Waals surface area contributed by atoms with E-state index in [1.54, 1.807) is 0 Å². The Balaban J connectivity index is 1.35. The molecule has 0 atom stereocenters. The maximum absolute atomic E-state index is 12.5. The molecule has 2 saturated heterocycles. The van der Waals surface area contributed by atoms with Gasteiger partial charge in [0.25, 0.3) is 0 Å². The molecule has 0 aromatic heterocycles. The van der Waals surface area contributed by atoms with E-state index in [1.165, 1.54) is 5.56 Å². The van der Waals surface area contributed by atoms with Crippen molar-refractivity contribution >= 4 is 11.8 Å². The molecule has 0 radical (unpaired) electrons. The molecule has 6 nitrogen and oxygen atoms in total. The van der Waals surface area contributed by atoms with Crippen molar-refractivity contribution in [1.29, 1.82) is 0 Å². The number of ether oxygens (including phenoxy) is 1. The summed E-state index contributed by atoms with van der Waals surface area (Å²) in [5, 5.41) is 0. The Morgan fingerprint density at radius 2 is 1.65 bits per heavy atom. The molecule has 2 amide bonds. The van der Waals surface area contributed by atoms with Gasteiger partial charge in [-0.25, -0.2) is 0 Å². The first kappa shape index (κ1) is 18.9. The standard InChI is InChI=1S/C20H29N3O3/c21-20(25)17-6-10-22(11-7-17)14-19(24)23-12-8-18(9-13-23)26-15-16-4-2-1-3-5-16/h1-5,17-18H,6-15H2,(H2,21,25). The van der Waals surface area contributed by atoms with Crippen LogP contribution in [0.2, 0.25) is 0 Å². The van der Waals surface area contributed by atoms with Crippen molar-refractivity contribution in [1.82, 2.24) is 9.80 Å². The van der Waals surface area contributed by atoms with Crippen LogP contribution in [-0.2, 0) is 20.9 Å². The van der Waals surface area contributed by atoms with Gasteiger partial charge in [0.2, 0.25) is 11.8 Å². The highest BCUT2D eigenvalue weighted by Crippen LogP contribution is 2.19. The van der Waals surface area contributed by atoms with E-state index < -0.39 is 0 Å². The fourth-order valence-electron chi connectivity index (χ4n) is 3.73. The molecule has 142 valence electrons. The SMILES string of the molecule is NC(=O)C1CCN(CC(=O)N2CCC(OCc3ccccc3)CC2)CC1. The molecule has 1 aromatic carbocycles. The van der Waals surface area contributed by atoms with Gasteiger partial charge in [-0.2, -0.15) is 0 Å². The molecular weight excluding hydrogens is 330 g/mol. The average Bonchev–Trinajstić information content (AvgIpc) is 2.68. The van der Waals surface area contributed by atoms with E-state index in [4.69, 9.17) is 10.5 Å². The molecular formula is C20H29N3O3. The predicted molar refractivity (Wildman–Crippen MR) is 99.2 cm³/mol. The number of carbonyl (C=O) groups excluding carboxylic acids is 2. The lowest BCUT2D eigenvalue weighted by molar-refractivity contribution is -0.135. The number of likely N-dealkylation sites (tertiary alicyclic amines) is 2. The van der Waals surface area contributed by atoms with Gasteiger partial charge in [-0.05, 0) is 44.3 Å². The van der Waals surface area contributed by atoms with Crippen LogP contribution in [0.15, 0.2) is 30.3 Å². The van der Waals surface area contributed by atoms with Crippen molar-refractivity contribution in [2.75, 3.05) is 32.7 Å². The van der Waals surface area contributed by atoms with Crippen molar-refractivity contribution < 1.29 is 14.3 Å². The molecule has 6 heteroatoms. The average molecular weight is 359 g/mol. The zero-order valence-electron chi connectivity index (χ0n) is 15.3. The van der Waals surface area contributed by atoms with Crippen LogP contribution < -0.4 is 5.73 Å². The number of primary amides is 1. The fourth-order valence-corrected chi connectivity index (χ4v) is 3.73. The monoisotopic (exact) mass is 359 g/mol. The van der Waals surface area contributed by atoms with Crippen molar-refractivity contribution in [3.63, 3.8) is 0 Å². The van der Waals surface area contributed by atoms with Gasteiger partial charge in [0.15, 0.2) is 0 Å². The third-order valence-corrected chi connectivity index (χ3v) is 5.47. The van der Waals surface area contributed by atoms with Crippen LogP contribution in [0.5, 0.6) is 0 Å². The first-order valence-corrected chi connectivity index (χ1v) is 9.57. The van der Waals surface area contributed by atoms with Gasteiger partial charge in [0.1, 0.15) is 0 Å². The molecule has 3 rings (SSSR count). The van der Waals surface area contributed by atoms with Gasteiger partial charge in [0.05, 0.1) is 19.3 Å². The molecule has 0 saturated carbocycles. The van der Waals surface area contributed by atoms with Crippen LogP contribution in [0.1, 0.15) is 31.2 Å². The topological polar surface area (TPSA) is 75.9 Å². The lowest BCUT2D eigenvalue weighted by atomic mass is 9.96. The normalized spacial score (nSPS) is 20.2. The summed E-state index contributed by atoms with van der Waals surface area (Å²) in [5.74, 6) is -0.0588. The second-order valence-corrected chi connectivity index (χ2v) is 7.33. The first-order valence-electron chi connectivity index (χ1n) is 9.57. The minimum Gasteiger partial charge on any atom is -0.373 e. The summed E-state index contributed by atoms with van der Waals surface area (Å²) in [4.78, 5) is 27.8. The molecule has 0 aliphatic carbocycles. The van der Waals surface area contributed by atoms with Crippen molar-refractivity contribution in [3.05, 3.63) is 35.9 Å². The number of piperidine rings is 2. The molecule has 0 spiro atoms. The zero-order valence-corrected chi connectivity index (χ0v) is 15.3. The van der Waals surface area contributed by atoms with Crippen LogP contribution in [-0.4, -0.2) is 60.4 Å². The predicted octanol–water partition coefficient (Wildman–Crippen LogP) is 1.39. The molecule has 2 N–H and O–H groups in total. The van der Waals surface area contributed by atoms with E-state index >= 15 is 0 Å². The lowest BCUT2D eigenvalue weighted by Crippen LogP contribution is -2.47. The van der Waals surface area contributed by atoms with E-state index in [0.29, 0.717) is 13.2 Å². The summed E-state index contributed by atoms with van der Waals surface area (Å²) in [6.07, 6.45) is 3.53. The third kappa shape index (κ3) is 5.29. The number of carbonyl (C=O) groups is 2. The molecule has 26 heavy (non-hydrogen) atoms. The number of hydrogen-bond donors (Lipinski definition) is 1. The summed E-state index contributed by atoms with van der Waals surface area (Å²) in [6, 6.07) is 10.2. The molecule has 0 unspecified atom stereocenters. The summed E-state index contributed by atoms with van der Waals surface area (Å²) < 4.78 is 5.99. The van der Waals surface area contributed by atoms with Gasteiger partial charge in [0, 0.05) is 19.0 Å². The van der Waals surface area contributed by atoms with Gasteiger partial charge >= 0.3 is 0 Å². The molecule has 2 aliphatic heterocycles. The van der Waals surface area contributed by atoms with Gasteiger partial charge in [-0.15, -0.1) is 0 Å². The van der Waals surface area contributed by atoms with E-state index in [9.17, 15) is 9.59 Å². The van der Waals surface area contributed by atoms with Crippen LogP contribution in [0, 0.1) is 5.92 Å². The second-order valence-electron chi connectivity index (χ2n) is 7.33. The van der Waals surface area contributed by atoms with Crippen molar-refractivity contribution in [3.8, 4) is 0 Å². The van der Waals surface area contributed by atoms with Crippen LogP contribution in [0.4, 0.5) is 0 Å². The molecule has 2 aliphatic rings. The number of amides is 2. The first-order chi connectivity index (χ1) is 12.6. The Morgan fingerprint density at radius 1 is 1.00 bits per heavy atom. The van der Waals surface area contributed by atoms with Gasteiger partial charge in [-0.3, -0.25) is 14.5 Å². The van der Waals surface area contributed by atoms with E-state index in [1.807, 2.05) is 23.1 Å². The summed E-state index contributed by atoms with van der Waals surface area (Å²) in [5.41, 5.74) is 6.55. The van der Waals surface area contributed by atoms with E-state index in [0.717, 1.165) is 51.9 Å². The minimum atomic E-state index is -0.214. The Hall–Kier alpha value is -1.92. The maximum Gasteiger partial charge on any atom is 0.236 e. The van der Waals surface area contributed by atoms with Crippen molar-refractivity contribution in [2.45, 2.75) is 38.4 Å². The summed E-state index contributed by atoms with van der Waals surface area (Å²) >= 11 is 0. The number of nitrogens with zero attached hydrogens (tertiary/aromatic N) is 2. The van der Waals surface area contributed by atoms with E-state index in [2.05, 4.69) is 17.0 Å². The van der Waals surface area contributed by atoms with E-state index in [-0.39, 0.29) is 23.8 Å². The number of nitrogens with two attached hydrogens (primary N) is 1. The summed E-state index contributed by atoms with van der Waals surface area (Å²) in [6.45, 7) is 4.15. The third-order valence-electron chi connectivity index (χ3n) is 5.47. The van der Waals surface area contributed by atoms with Gasteiger partial charge < -0.3 is 15.4 Å². The second kappa shape index (κ2) is 9.14. The zero-order chi connectivity index (χ0) is 18.4. The number of hydrogen-bond acceptors (Lipinski definition) is 4. The summed E-state index contributed by atoms with van der Waals surface area (Å²) in [7, 11) is 0. The quantitative estimate of drug-likeness (QED) is 0.833. The Bertz CT molecular complexity index is 592. The Kier molecular flexibility index (Phi) is 6.63. The Morgan fingerprint density at radius 3 is 2.27 bits per heavy atom. The Labute approximate surface area is 155 Å². The molecule has 2 heterocycles.